The molecule has 1 N–H and O–H groups in total. The Balaban J connectivity index is 1.67. The SMILES string of the molecule is CCCCOC(=O)[C@H](C)OC(=O)C[C@H](OC(=O)OC(C)(C)C)C(=O)OC1=CC[C@@]2(O)[C@H](N(C)CC)Cc3ccc(OC(=O)OC(C)(C)C)c4c3[C@@]2(C)[C@H]1O4. The average Bonchev–Trinajstić information content (AvgIpc) is 3.38. The maximum Gasteiger partial charge on any atom is 0.514 e. The lowest BCUT2D eigenvalue weighted by molar-refractivity contribution is -0.171. The highest BCUT2D eigenvalue weighted by Gasteiger charge is 2.68. The monoisotopic (exact) mass is 761 g/mol. The molecule has 1 aromatic carbocycles. The van der Waals surface area contributed by atoms with Crippen LogP contribution in [0.15, 0.2) is 24.0 Å². The number of hydrogen-bond acceptors (Lipinski definition) is 15. The zero-order chi connectivity index (χ0) is 40.4. The molecule has 1 aliphatic heterocycles. The smallest absolute Gasteiger partial charge is 0.477 e. The van der Waals surface area contributed by atoms with Gasteiger partial charge in [-0.05, 0) is 99.5 Å². The molecule has 1 heterocycles. The van der Waals surface area contributed by atoms with Gasteiger partial charge in [0.25, 0.3) is 0 Å². The van der Waals surface area contributed by atoms with E-state index >= 15 is 0 Å². The van der Waals surface area contributed by atoms with Crippen molar-refractivity contribution in [1.29, 1.82) is 0 Å². The molecule has 0 saturated heterocycles. The van der Waals surface area contributed by atoms with Gasteiger partial charge in [-0.3, -0.25) is 4.79 Å². The Morgan fingerprint density at radius 2 is 1.61 bits per heavy atom. The number of nitrogens with zero attached hydrogens (tertiary/aromatic N) is 1. The zero-order valence-corrected chi connectivity index (χ0v) is 33.2. The van der Waals surface area contributed by atoms with Crippen LogP contribution in [0.5, 0.6) is 11.5 Å². The molecule has 15 heteroatoms. The van der Waals surface area contributed by atoms with Crippen LogP contribution in [0.1, 0.15) is 106 Å². The molecular formula is C39H55NO14. The summed E-state index contributed by atoms with van der Waals surface area (Å²) in [6.45, 7) is 17.7. The topological polar surface area (TPSA) is 183 Å². The molecule has 0 fully saturated rings. The van der Waals surface area contributed by atoms with E-state index in [1.54, 1.807) is 54.5 Å². The summed E-state index contributed by atoms with van der Waals surface area (Å²) >= 11 is 0. The van der Waals surface area contributed by atoms with Crippen molar-refractivity contribution >= 4 is 30.2 Å². The quantitative estimate of drug-likeness (QED) is 0.116. The fourth-order valence-corrected chi connectivity index (χ4v) is 6.95. The van der Waals surface area contributed by atoms with Crippen LogP contribution in [0.4, 0.5) is 9.59 Å². The standard InChI is InChI=1S/C39H55NO14/c1-12-14-19-47-32(42)22(3)48-28(41)21-26(51-35(45)54-37(7,8)9)33(43)49-25-17-18-39(46)27(40(11)13-2)20-23-15-16-24(50-34(44)53-36(4,5)6)30-29(23)38(39,10)31(25)52-30/h15-17,22,26-27,31,46H,12-14,18-21H2,1-11H3/t22-,26-,27+,31-,38-,39+/m0/s1. The highest BCUT2D eigenvalue weighted by atomic mass is 16.7. The van der Waals surface area contributed by atoms with Crippen molar-refractivity contribution in [2.45, 2.75) is 148 Å². The van der Waals surface area contributed by atoms with Gasteiger partial charge >= 0.3 is 30.2 Å². The van der Waals surface area contributed by atoms with Crippen LogP contribution < -0.4 is 9.47 Å². The third-order valence-corrected chi connectivity index (χ3v) is 9.68. The molecule has 54 heavy (non-hydrogen) atoms. The van der Waals surface area contributed by atoms with Crippen molar-refractivity contribution < 1.29 is 67.0 Å². The minimum absolute atomic E-state index is 0.0221. The van der Waals surface area contributed by atoms with Crippen molar-refractivity contribution in [1.82, 2.24) is 4.90 Å². The lowest BCUT2D eigenvalue weighted by Crippen LogP contribution is -2.69. The summed E-state index contributed by atoms with van der Waals surface area (Å²) in [7, 11) is 1.91. The van der Waals surface area contributed by atoms with Gasteiger partial charge < -0.3 is 47.9 Å². The van der Waals surface area contributed by atoms with Crippen molar-refractivity contribution in [3.63, 3.8) is 0 Å². The first kappa shape index (κ1) is 42.4. The van der Waals surface area contributed by atoms with Crippen LogP contribution in [0.2, 0.25) is 0 Å². The summed E-state index contributed by atoms with van der Waals surface area (Å²) < 4.78 is 44.3. The number of carbonyl (C=O) groups excluding carboxylic acids is 5. The van der Waals surface area contributed by atoms with Crippen molar-refractivity contribution in [3.8, 4) is 11.5 Å². The molecule has 0 spiro atoms. The summed E-state index contributed by atoms with van der Waals surface area (Å²) in [6.07, 6.45) is -3.94. The lowest BCUT2D eigenvalue weighted by Gasteiger charge is -2.56. The average molecular weight is 762 g/mol. The first-order valence-electron chi connectivity index (χ1n) is 18.4. The Labute approximate surface area is 316 Å². The van der Waals surface area contributed by atoms with Crippen LogP contribution in [0, 0.1) is 0 Å². The minimum Gasteiger partial charge on any atom is -0.477 e. The number of unbranched alkanes of at least 4 members (excludes halogenated alkanes) is 1. The third-order valence-electron chi connectivity index (χ3n) is 9.68. The van der Waals surface area contributed by atoms with E-state index in [0.29, 0.717) is 24.9 Å². The van der Waals surface area contributed by atoms with Gasteiger partial charge in [-0.2, -0.15) is 0 Å². The van der Waals surface area contributed by atoms with Crippen LogP contribution >= 0.6 is 0 Å². The molecule has 4 rings (SSSR count). The summed E-state index contributed by atoms with van der Waals surface area (Å²) in [6, 6.07) is 3.02. The van der Waals surface area contributed by atoms with E-state index < -0.39 is 83.2 Å². The maximum atomic E-state index is 13.9. The van der Waals surface area contributed by atoms with Gasteiger partial charge in [0.2, 0.25) is 6.10 Å². The number of aliphatic hydroxyl groups is 1. The molecule has 300 valence electrons. The van der Waals surface area contributed by atoms with Gasteiger partial charge in [-0.25, -0.2) is 19.2 Å². The van der Waals surface area contributed by atoms with Crippen LogP contribution in [-0.2, 0) is 54.6 Å². The van der Waals surface area contributed by atoms with Crippen LogP contribution in [0.3, 0.4) is 0 Å². The molecule has 3 aliphatic rings. The zero-order valence-electron chi connectivity index (χ0n) is 33.2. The number of ether oxygens (including phenoxy) is 8. The Morgan fingerprint density at radius 1 is 0.963 bits per heavy atom. The molecule has 6 atom stereocenters. The summed E-state index contributed by atoms with van der Waals surface area (Å²) in [4.78, 5) is 66.9. The summed E-state index contributed by atoms with van der Waals surface area (Å²) in [5.41, 5.74) is -3.13. The van der Waals surface area contributed by atoms with Crippen LogP contribution in [-0.4, -0.2) is 102 Å². The molecule has 1 aromatic rings. The Hall–Kier alpha value is -4.37. The highest BCUT2D eigenvalue weighted by Crippen LogP contribution is 2.62. The van der Waals surface area contributed by atoms with Crippen molar-refractivity contribution in [2.75, 3.05) is 20.2 Å². The first-order chi connectivity index (χ1) is 25.0. The number of hydrogen-bond donors (Lipinski definition) is 1. The van der Waals surface area contributed by atoms with Gasteiger partial charge in [-0.1, -0.05) is 26.3 Å². The summed E-state index contributed by atoms with van der Waals surface area (Å²) in [5.74, 6) is -2.80. The van der Waals surface area contributed by atoms with E-state index in [-0.39, 0.29) is 30.3 Å². The lowest BCUT2D eigenvalue weighted by atomic mass is 9.54. The normalized spacial score (nSPS) is 23.8. The van der Waals surface area contributed by atoms with E-state index in [1.165, 1.54) is 13.0 Å². The van der Waals surface area contributed by atoms with Gasteiger partial charge in [0.05, 0.1) is 24.0 Å². The van der Waals surface area contributed by atoms with Gasteiger partial charge in [-0.15, -0.1) is 0 Å². The Kier molecular flexibility index (Phi) is 12.7. The van der Waals surface area contributed by atoms with E-state index in [0.717, 1.165) is 12.0 Å². The molecule has 0 radical (unpaired) electrons. The largest absolute Gasteiger partial charge is 0.514 e. The van der Waals surface area contributed by atoms with E-state index in [9.17, 15) is 29.1 Å². The van der Waals surface area contributed by atoms with Gasteiger partial charge in [0.15, 0.2) is 23.7 Å². The second kappa shape index (κ2) is 16.2. The maximum absolute atomic E-state index is 13.9. The van der Waals surface area contributed by atoms with E-state index in [2.05, 4.69) is 0 Å². The molecule has 15 nitrogen and oxygen atoms in total. The predicted octanol–water partition coefficient (Wildman–Crippen LogP) is 5.44. The molecule has 0 bridgehead atoms. The fourth-order valence-electron chi connectivity index (χ4n) is 6.95. The molecule has 0 amide bonds. The number of likely N-dealkylation sites (N-methyl/N-ethyl adjacent to an activating group) is 1. The Bertz CT molecular complexity index is 1640. The number of rotatable bonds is 13. The fraction of sp³-hybridized carbons (Fsp3) is 0.667. The van der Waals surface area contributed by atoms with Crippen LogP contribution in [0.25, 0.3) is 0 Å². The highest BCUT2D eigenvalue weighted by molar-refractivity contribution is 5.86. The summed E-state index contributed by atoms with van der Waals surface area (Å²) in [5, 5.41) is 12.7. The molecule has 2 aliphatic carbocycles. The second-order valence-corrected chi connectivity index (χ2v) is 16.1. The molecule has 0 unspecified atom stereocenters. The second-order valence-electron chi connectivity index (χ2n) is 16.1. The predicted molar refractivity (Wildman–Crippen MR) is 192 cm³/mol. The van der Waals surface area contributed by atoms with Crippen molar-refractivity contribution in [2.24, 2.45) is 0 Å². The van der Waals surface area contributed by atoms with E-state index in [4.69, 9.17) is 37.9 Å². The number of esters is 3. The van der Waals surface area contributed by atoms with E-state index in [1.807, 2.05) is 31.9 Å². The molecule has 0 aromatic heterocycles. The number of carbonyl (C=O) groups is 5. The van der Waals surface area contributed by atoms with Gasteiger partial charge in [0.1, 0.15) is 17.0 Å². The van der Waals surface area contributed by atoms with Crippen molar-refractivity contribution in [3.05, 3.63) is 35.1 Å². The Morgan fingerprint density at radius 3 is 2.22 bits per heavy atom. The molecule has 0 saturated carbocycles. The number of benzene rings is 1. The first-order valence-corrected chi connectivity index (χ1v) is 18.4. The molecular weight excluding hydrogens is 706 g/mol. The third kappa shape index (κ3) is 9.11. The minimum atomic E-state index is -1.87. The van der Waals surface area contributed by atoms with Gasteiger partial charge in [0, 0.05) is 18.0 Å².